The minimum atomic E-state index is -1.58. The smallest absolute Gasteiger partial charge is 0.129 e. The molecular weight excluding hydrogens is 937 g/mol. The largest absolute Gasteiger partial charge is 0.545 e. The molecule has 4 nitrogen and oxygen atoms in total. The van der Waals surface area contributed by atoms with Crippen molar-refractivity contribution >= 4 is 28.1 Å². The van der Waals surface area contributed by atoms with Crippen LogP contribution in [0.15, 0.2) is 121 Å². The number of hydrogen-bond acceptors (Lipinski definition) is 4. The quantitative estimate of drug-likeness (QED) is 0.0619. The summed E-state index contributed by atoms with van der Waals surface area (Å²) in [4.78, 5) is 26.0. The molecule has 0 spiro atoms. The van der Waals surface area contributed by atoms with Crippen molar-refractivity contribution in [2.75, 3.05) is 0 Å². The van der Waals surface area contributed by atoms with Crippen LogP contribution in [0, 0.1) is 70.3 Å². The summed E-state index contributed by atoms with van der Waals surface area (Å²) in [6.07, 6.45) is 10.5. The first-order valence-corrected chi connectivity index (χ1v) is 32.8. The Balaban J connectivity index is 1.28. The molecule has 0 aliphatic heterocycles. The highest BCUT2D eigenvalue weighted by Gasteiger charge is 2.18. The van der Waals surface area contributed by atoms with Gasteiger partial charge in [-0.25, -0.2) is 0 Å². The van der Waals surface area contributed by atoms with Crippen LogP contribution >= 0.6 is 0 Å². The minimum Gasteiger partial charge on any atom is -0.545 e. The Morgan fingerprint density at radius 3 is 0.919 bits per heavy atom. The van der Waals surface area contributed by atoms with E-state index in [0.717, 1.165) is 84.7 Å². The number of hydrogen-bond donors (Lipinski definition) is 0. The van der Waals surface area contributed by atoms with E-state index in [4.69, 9.17) is 0 Å². The van der Waals surface area contributed by atoms with Crippen LogP contribution in [0.5, 0.6) is 0 Å². The molecule has 0 aliphatic rings. The molecule has 74 heavy (non-hydrogen) atoms. The van der Waals surface area contributed by atoms with E-state index in [1.165, 1.54) is 12.8 Å². The number of benzene rings is 6. The van der Waals surface area contributed by atoms with Crippen molar-refractivity contribution in [1.29, 1.82) is 0 Å². The molecular formula is C68H64O4Si2-2. The molecule has 0 saturated heterocycles. The molecule has 370 valence electrons. The average Bonchev–Trinajstić information content (AvgIpc) is 3.38. The van der Waals surface area contributed by atoms with Gasteiger partial charge >= 0.3 is 0 Å². The van der Waals surface area contributed by atoms with Crippen molar-refractivity contribution in [2.45, 2.75) is 117 Å². The van der Waals surface area contributed by atoms with Gasteiger partial charge in [-0.15, -0.1) is 11.1 Å². The van der Waals surface area contributed by atoms with Crippen molar-refractivity contribution in [3.63, 3.8) is 0 Å². The third-order valence-corrected chi connectivity index (χ3v) is 13.6. The molecule has 6 heteroatoms. The van der Waals surface area contributed by atoms with Crippen LogP contribution in [0.1, 0.15) is 132 Å². The first-order valence-electron chi connectivity index (χ1n) is 25.8. The van der Waals surface area contributed by atoms with Gasteiger partial charge in [0.25, 0.3) is 0 Å². The van der Waals surface area contributed by atoms with Crippen LogP contribution in [0.3, 0.4) is 0 Å². The highest BCUT2D eigenvalue weighted by molar-refractivity contribution is 6.84. The molecule has 6 aromatic rings. The molecule has 6 rings (SSSR count). The van der Waals surface area contributed by atoms with E-state index < -0.39 is 28.1 Å². The predicted molar refractivity (Wildman–Crippen MR) is 309 cm³/mol. The van der Waals surface area contributed by atoms with Crippen molar-refractivity contribution in [3.8, 4) is 115 Å². The lowest BCUT2D eigenvalue weighted by Gasteiger charge is -2.18. The fraction of sp³-hybridized carbons (Fsp3) is 0.265. The van der Waals surface area contributed by atoms with Crippen LogP contribution in [0.4, 0.5) is 0 Å². The van der Waals surface area contributed by atoms with Gasteiger partial charge in [0.05, 0.1) is 11.9 Å². The van der Waals surface area contributed by atoms with Crippen LogP contribution in [0.25, 0.3) is 44.5 Å². The van der Waals surface area contributed by atoms with Gasteiger partial charge in [0.2, 0.25) is 0 Å². The number of aromatic carboxylic acids is 2. The zero-order chi connectivity index (χ0) is 53.1. The zero-order valence-corrected chi connectivity index (χ0v) is 46.3. The van der Waals surface area contributed by atoms with Gasteiger partial charge in [0.1, 0.15) is 16.1 Å². The zero-order valence-electron chi connectivity index (χ0n) is 44.3. The number of carbonyl (C=O) groups excluding carboxylic acids is 2. The standard InChI is InChI=1S/C68H66O4Si2/c1-9-11-13-15-17-19-25-55-47-61(65(67(69)70)63(49-55)59-39-31-53(32-40-59)43-45-73(3,4)5)57-35-27-51(28-36-57)23-21-22-24-52-29-37-58(38-30-52)62-48-56(26-20-18-16-14-12-10-2)50-64(66(62)68(71)72)60-41-33-54(34-42-60)44-46-74(6,7)8/h27-42,47-50H,9-18H2,1-8H3,(H,69,70)(H,71,72)/p-2. The van der Waals surface area contributed by atoms with Crippen LogP contribution in [-0.2, 0) is 0 Å². The molecule has 0 amide bonds. The van der Waals surface area contributed by atoms with Gasteiger partial charge in [0.15, 0.2) is 0 Å². The Morgan fingerprint density at radius 1 is 0.378 bits per heavy atom. The van der Waals surface area contributed by atoms with E-state index in [-0.39, 0.29) is 11.1 Å². The molecule has 0 radical (unpaired) electrons. The van der Waals surface area contributed by atoms with E-state index in [0.29, 0.717) is 44.5 Å². The predicted octanol–water partition coefficient (Wildman–Crippen LogP) is 13.6. The van der Waals surface area contributed by atoms with Crippen molar-refractivity contribution < 1.29 is 19.8 Å². The summed E-state index contributed by atoms with van der Waals surface area (Å²) in [6.45, 7) is 17.6. The van der Waals surface area contributed by atoms with Crippen molar-refractivity contribution in [1.82, 2.24) is 0 Å². The molecule has 0 heterocycles. The highest BCUT2D eigenvalue weighted by atomic mass is 28.3. The van der Waals surface area contributed by atoms with Gasteiger partial charge in [-0.05, 0) is 142 Å². The number of unbranched alkanes of at least 4 members (excludes halogenated alkanes) is 8. The van der Waals surface area contributed by atoms with Gasteiger partial charge in [-0.3, -0.25) is 0 Å². The van der Waals surface area contributed by atoms with E-state index in [1.807, 2.05) is 121 Å². The number of carboxylic acid groups (broad SMARTS) is 2. The SMILES string of the molecule is CCCCCCC#Cc1cc(-c2ccc(C#CC#Cc3ccc(-c4cc(C#CCCCCCC)cc(-c5ccc(C#C[Si](C)(C)C)cc5)c4C(=O)[O-])cc3)cc2)c(C(=O)[O-])c(-c2ccc(C#C[Si](C)(C)C)cc2)c1. The number of carboxylic acids is 2. The molecule has 0 atom stereocenters. The van der Waals surface area contributed by atoms with Crippen molar-refractivity contribution in [2.24, 2.45) is 0 Å². The summed E-state index contributed by atoms with van der Waals surface area (Å²) in [7, 11) is -3.16. The summed E-state index contributed by atoms with van der Waals surface area (Å²) in [5, 5.41) is 26.0. The van der Waals surface area contributed by atoms with Gasteiger partial charge in [-0.1, -0.05) is 188 Å². The van der Waals surface area contributed by atoms with Crippen LogP contribution < -0.4 is 10.2 Å². The van der Waals surface area contributed by atoms with E-state index >= 15 is 0 Å². The fourth-order valence-corrected chi connectivity index (χ4v) is 9.09. The first kappa shape index (κ1) is 55.4. The van der Waals surface area contributed by atoms with Gasteiger partial charge in [0, 0.05) is 57.3 Å². The third-order valence-electron chi connectivity index (χ3n) is 11.9. The Morgan fingerprint density at radius 2 is 0.662 bits per heavy atom. The van der Waals surface area contributed by atoms with E-state index in [1.54, 1.807) is 0 Å². The molecule has 0 aliphatic carbocycles. The Bertz CT molecular complexity index is 3140. The topological polar surface area (TPSA) is 80.3 Å². The maximum Gasteiger partial charge on any atom is 0.129 e. The lowest BCUT2D eigenvalue weighted by molar-refractivity contribution is -0.256. The summed E-state index contributed by atoms with van der Waals surface area (Å²) in [6, 6.07) is 37.6. The normalized spacial score (nSPS) is 10.5. The molecule has 0 N–H and O–H groups in total. The van der Waals surface area contributed by atoms with Gasteiger partial charge in [-0.2, -0.15) is 0 Å². The third kappa shape index (κ3) is 16.8. The molecule has 0 saturated carbocycles. The molecule has 6 aromatic carbocycles. The second kappa shape index (κ2) is 26.7. The number of rotatable bonds is 14. The summed E-state index contributed by atoms with van der Waals surface area (Å²) < 4.78 is 0. The second-order valence-electron chi connectivity index (χ2n) is 20.5. The summed E-state index contributed by atoms with van der Waals surface area (Å²) in [5.74, 6) is 29.4. The Labute approximate surface area is 443 Å². The first-order chi connectivity index (χ1) is 35.5. The number of carbonyl (C=O) groups is 2. The highest BCUT2D eigenvalue weighted by Crippen LogP contribution is 2.36. The van der Waals surface area contributed by atoms with E-state index in [2.05, 4.69) is 123 Å². The molecule has 0 bridgehead atoms. The van der Waals surface area contributed by atoms with Gasteiger partial charge < -0.3 is 19.8 Å². The van der Waals surface area contributed by atoms with E-state index in [9.17, 15) is 19.8 Å². The monoisotopic (exact) mass is 1000 g/mol. The molecule has 0 fully saturated rings. The van der Waals surface area contributed by atoms with Crippen molar-refractivity contribution in [3.05, 3.63) is 166 Å². The van der Waals surface area contributed by atoms with Crippen LogP contribution in [0.2, 0.25) is 39.3 Å². The minimum absolute atomic E-state index is 0.0922. The second-order valence-corrected chi connectivity index (χ2v) is 30.0. The Hall–Kier alpha value is -7.95. The lowest BCUT2D eigenvalue weighted by atomic mass is 9.89. The Kier molecular flexibility index (Phi) is 19.9. The maximum absolute atomic E-state index is 13.0. The van der Waals surface area contributed by atoms with Crippen LogP contribution in [-0.4, -0.2) is 28.1 Å². The summed E-state index contributed by atoms with van der Waals surface area (Å²) in [5.41, 5.74) is 16.6. The maximum atomic E-state index is 13.0. The molecule has 0 unspecified atom stereocenters. The average molecular weight is 1000 g/mol. The fourth-order valence-electron chi connectivity index (χ4n) is 8.05. The summed E-state index contributed by atoms with van der Waals surface area (Å²) >= 11 is 0. The lowest BCUT2D eigenvalue weighted by Crippen LogP contribution is -2.24. The molecule has 0 aromatic heterocycles.